The lowest BCUT2D eigenvalue weighted by Gasteiger charge is -2.14. The first kappa shape index (κ1) is 19.2. The van der Waals surface area contributed by atoms with Crippen LogP contribution in [0.15, 0.2) is 42.6 Å². The lowest BCUT2D eigenvalue weighted by molar-refractivity contribution is 0.0643. The van der Waals surface area contributed by atoms with E-state index in [-0.39, 0.29) is 12.0 Å². The number of hydrogen-bond acceptors (Lipinski definition) is 6. The highest BCUT2D eigenvalue weighted by atomic mass is 16.5. The Morgan fingerprint density at radius 3 is 2.90 bits per heavy atom. The molecule has 7 nitrogen and oxygen atoms in total. The molecule has 2 unspecified atom stereocenters. The molecule has 1 aromatic carbocycles. The van der Waals surface area contributed by atoms with Gasteiger partial charge in [0.2, 0.25) is 0 Å². The Morgan fingerprint density at radius 1 is 1.13 bits per heavy atom. The molecule has 0 bridgehead atoms. The van der Waals surface area contributed by atoms with Crippen LogP contribution in [-0.2, 0) is 9.47 Å². The van der Waals surface area contributed by atoms with Gasteiger partial charge in [0.05, 0.1) is 24.1 Å². The standard InChI is InChI=1S/C23H26N4O3/c1-16-4-2-5-17(12-16)20-7-9-27(26-20)22-13-21(18-8-11-28-14-18)24-23(25-22)30-15-19-6-3-10-29-19/h2,4-5,7,9,12-13,18-19H,3,6,8,10-11,14-15H2,1H3. The summed E-state index contributed by atoms with van der Waals surface area (Å²) in [6, 6.07) is 12.7. The highest BCUT2D eigenvalue weighted by Crippen LogP contribution is 2.27. The Bertz CT molecular complexity index is 1010. The molecule has 2 aliphatic heterocycles. The second-order valence-corrected chi connectivity index (χ2v) is 7.96. The van der Waals surface area contributed by atoms with E-state index in [9.17, 15) is 0 Å². The Morgan fingerprint density at radius 2 is 2.10 bits per heavy atom. The molecule has 2 atom stereocenters. The minimum absolute atomic E-state index is 0.119. The van der Waals surface area contributed by atoms with E-state index in [2.05, 4.69) is 35.1 Å². The van der Waals surface area contributed by atoms with Gasteiger partial charge in [-0.05, 0) is 38.3 Å². The third-order valence-electron chi connectivity index (χ3n) is 5.62. The predicted octanol–water partition coefficient (Wildman–Crippen LogP) is 3.70. The molecule has 0 aliphatic carbocycles. The van der Waals surface area contributed by atoms with Crippen molar-refractivity contribution in [2.45, 2.75) is 38.2 Å². The molecule has 156 valence electrons. The zero-order valence-electron chi connectivity index (χ0n) is 17.2. The van der Waals surface area contributed by atoms with Crippen molar-refractivity contribution in [1.82, 2.24) is 19.7 Å². The van der Waals surface area contributed by atoms with Crippen LogP contribution >= 0.6 is 0 Å². The van der Waals surface area contributed by atoms with Crippen molar-refractivity contribution in [3.63, 3.8) is 0 Å². The SMILES string of the molecule is Cc1cccc(-c2ccn(-c3cc(C4CCOC4)nc(OCC4CCCO4)n3)n2)c1. The largest absolute Gasteiger partial charge is 0.461 e. The minimum atomic E-state index is 0.119. The normalized spacial score (nSPS) is 21.2. The van der Waals surface area contributed by atoms with Gasteiger partial charge in [-0.25, -0.2) is 4.68 Å². The van der Waals surface area contributed by atoms with Gasteiger partial charge in [-0.1, -0.05) is 23.8 Å². The minimum Gasteiger partial charge on any atom is -0.461 e. The lowest BCUT2D eigenvalue weighted by Crippen LogP contribution is -2.18. The number of aryl methyl sites for hydroxylation is 1. The van der Waals surface area contributed by atoms with E-state index in [0.29, 0.717) is 25.0 Å². The van der Waals surface area contributed by atoms with Gasteiger partial charge in [0.15, 0.2) is 5.82 Å². The van der Waals surface area contributed by atoms with Crippen LogP contribution in [0.25, 0.3) is 17.1 Å². The molecule has 7 heteroatoms. The molecule has 0 amide bonds. The highest BCUT2D eigenvalue weighted by Gasteiger charge is 2.23. The van der Waals surface area contributed by atoms with E-state index in [1.54, 1.807) is 4.68 Å². The molecule has 5 rings (SSSR count). The van der Waals surface area contributed by atoms with Gasteiger partial charge in [-0.3, -0.25) is 0 Å². The van der Waals surface area contributed by atoms with Crippen molar-refractivity contribution < 1.29 is 14.2 Å². The summed E-state index contributed by atoms with van der Waals surface area (Å²) < 4.78 is 19.0. The van der Waals surface area contributed by atoms with E-state index in [0.717, 1.165) is 49.4 Å². The quantitative estimate of drug-likeness (QED) is 0.622. The zero-order chi connectivity index (χ0) is 20.3. The summed E-state index contributed by atoms with van der Waals surface area (Å²) in [5.41, 5.74) is 4.14. The van der Waals surface area contributed by atoms with Crippen molar-refractivity contribution in [2.75, 3.05) is 26.4 Å². The predicted molar refractivity (Wildman–Crippen MR) is 112 cm³/mol. The summed E-state index contributed by atoms with van der Waals surface area (Å²) in [4.78, 5) is 9.30. The maximum absolute atomic E-state index is 5.93. The molecule has 2 saturated heterocycles. The fourth-order valence-electron chi connectivity index (χ4n) is 3.94. The molecule has 3 aromatic rings. The van der Waals surface area contributed by atoms with Gasteiger partial charge in [-0.15, -0.1) is 0 Å². The summed E-state index contributed by atoms with van der Waals surface area (Å²) in [5, 5.41) is 4.75. The number of nitrogens with zero attached hydrogens (tertiary/aromatic N) is 4. The molecule has 0 radical (unpaired) electrons. The van der Waals surface area contributed by atoms with Gasteiger partial charge in [0.1, 0.15) is 6.61 Å². The highest BCUT2D eigenvalue weighted by molar-refractivity contribution is 5.59. The number of aromatic nitrogens is 4. The van der Waals surface area contributed by atoms with Crippen molar-refractivity contribution in [1.29, 1.82) is 0 Å². The summed E-state index contributed by atoms with van der Waals surface area (Å²) in [7, 11) is 0. The molecule has 2 fully saturated rings. The van der Waals surface area contributed by atoms with Crippen LogP contribution in [0.4, 0.5) is 0 Å². The Hall–Kier alpha value is -2.77. The van der Waals surface area contributed by atoms with Gasteiger partial charge >= 0.3 is 6.01 Å². The molecular formula is C23H26N4O3. The van der Waals surface area contributed by atoms with E-state index in [1.807, 2.05) is 24.4 Å². The van der Waals surface area contributed by atoms with Gasteiger partial charge in [0, 0.05) is 37.0 Å². The van der Waals surface area contributed by atoms with E-state index in [4.69, 9.17) is 19.3 Å². The van der Waals surface area contributed by atoms with E-state index in [1.165, 1.54) is 5.56 Å². The van der Waals surface area contributed by atoms with Crippen LogP contribution in [0.2, 0.25) is 0 Å². The van der Waals surface area contributed by atoms with Crippen LogP contribution in [-0.4, -0.2) is 52.3 Å². The average molecular weight is 406 g/mol. The third kappa shape index (κ3) is 4.22. The van der Waals surface area contributed by atoms with Crippen molar-refractivity contribution in [3.8, 4) is 23.1 Å². The monoisotopic (exact) mass is 406 g/mol. The summed E-state index contributed by atoms with van der Waals surface area (Å²) in [6.45, 7) is 4.79. The van der Waals surface area contributed by atoms with Crippen molar-refractivity contribution in [3.05, 3.63) is 53.9 Å². The Balaban J connectivity index is 1.44. The van der Waals surface area contributed by atoms with E-state index < -0.39 is 0 Å². The molecule has 0 spiro atoms. The maximum atomic E-state index is 5.93. The van der Waals surface area contributed by atoms with Crippen molar-refractivity contribution >= 4 is 0 Å². The summed E-state index contributed by atoms with van der Waals surface area (Å²) in [6.07, 6.45) is 5.10. The third-order valence-corrected chi connectivity index (χ3v) is 5.62. The molecule has 30 heavy (non-hydrogen) atoms. The Labute approximate surface area is 176 Å². The number of benzene rings is 1. The first-order valence-corrected chi connectivity index (χ1v) is 10.6. The summed E-state index contributed by atoms with van der Waals surface area (Å²) in [5.74, 6) is 0.955. The molecule has 0 saturated carbocycles. The zero-order valence-corrected chi connectivity index (χ0v) is 17.2. The van der Waals surface area contributed by atoms with Gasteiger partial charge in [-0.2, -0.15) is 15.1 Å². The van der Waals surface area contributed by atoms with Crippen LogP contribution in [0, 0.1) is 6.92 Å². The van der Waals surface area contributed by atoms with Crippen molar-refractivity contribution in [2.24, 2.45) is 0 Å². The molecule has 2 aromatic heterocycles. The fourth-order valence-corrected chi connectivity index (χ4v) is 3.94. The molecule has 0 N–H and O–H groups in total. The number of rotatable bonds is 6. The number of ether oxygens (including phenoxy) is 3. The van der Waals surface area contributed by atoms with E-state index >= 15 is 0 Å². The van der Waals surface area contributed by atoms with Gasteiger partial charge in [0.25, 0.3) is 0 Å². The Kier molecular flexibility index (Phi) is 5.46. The first-order valence-electron chi connectivity index (χ1n) is 10.6. The second-order valence-electron chi connectivity index (χ2n) is 7.96. The maximum Gasteiger partial charge on any atom is 0.318 e. The van der Waals surface area contributed by atoms with Crippen LogP contribution in [0.1, 0.15) is 36.4 Å². The average Bonchev–Trinajstić information content (AvgIpc) is 3.55. The number of hydrogen-bond donors (Lipinski definition) is 0. The fraction of sp³-hybridized carbons (Fsp3) is 0.435. The van der Waals surface area contributed by atoms with Crippen LogP contribution in [0.5, 0.6) is 6.01 Å². The molecule has 2 aliphatic rings. The molecular weight excluding hydrogens is 380 g/mol. The first-order chi connectivity index (χ1) is 14.7. The molecule has 4 heterocycles. The second kappa shape index (κ2) is 8.53. The topological polar surface area (TPSA) is 71.3 Å². The summed E-state index contributed by atoms with van der Waals surface area (Å²) >= 11 is 0. The van der Waals surface area contributed by atoms with Crippen LogP contribution in [0.3, 0.4) is 0 Å². The lowest BCUT2D eigenvalue weighted by atomic mass is 10.1. The van der Waals surface area contributed by atoms with Crippen LogP contribution < -0.4 is 4.74 Å². The van der Waals surface area contributed by atoms with Gasteiger partial charge < -0.3 is 14.2 Å². The smallest absolute Gasteiger partial charge is 0.318 e.